The number of furan rings is 1. The molecule has 0 saturated carbocycles. The normalized spacial score (nSPS) is 10.3. The average molecular weight is 297 g/mol. The van der Waals surface area contributed by atoms with Crippen LogP contribution < -0.4 is 0 Å². The number of hydrogen-bond acceptors (Lipinski definition) is 3. The molecule has 0 fully saturated rings. The summed E-state index contributed by atoms with van der Waals surface area (Å²) in [5.41, 5.74) is 0.708. The first-order valence-electron chi connectivity index (χ1n) is 4.69. The largest absolute Gasteiger partial charge is 0.468 e. The molecule has 0 atom stereocenters. The summed E-state index contributed by atoms with van der Waals surface area (Å²) in [6.45, 7) is 0. The standard InChI is InChI=1S/C12H9BrO2S/c13-10-4-3-9(7-14)12(6-10)16-8-11-2-1-5-15-11/h1-7H,8H2. The number of hydrogen-bond donors (Lipinski definition) is 0. The molecule has 2 aromatic rings. The van der Waals surface area contributed by atoms with Crippen LogP contribution in [0.1, 0.15) is 16.1 Å². The number of carbonyl (C=O) groups excluding carboxylic acids is 1. The predicted octanol–water partition coefficient (Wildman–Crippen LogP) is 4.15. The van der Waals surface area contributed by atoms with E-state index in [-0.39, 0.29) is 0 Å². The number of aldehydes is 1. The van der Waals surface area contributed by atoms with Crippen LogP contribution in [0.5, 0.6) is 0 Å². The number of thioether (sulfide) groups is 1. The van der Waals surface area contributed by atoms with E-state index in [1.165, 1.54) is 0 Å². The number of carbonyl (C=O) groups is 1. The molecule has 0 bridgehead atoms. The highest BCUT2D eigenvalue weighted by molar-refractivity contribution is 9.10. The molecule has 0 N–H and O–H groups in total. The fraction of sp³-hybridized carbons (Fsp3) is 0.0833. The maximum absolute atomic E-state index is 10.8. The second-order valence-electron chi connectivity index (χ2n) is 3.17. The molecule has 0 aliphatic carbocycles. The molecule has 82 valence electrons. The highest BCUT2D eigenvalue weighted by Gasteiger charge is 2.04. The van der Waals surface area contributed by atoms with Crippen LogP contribution >= 0.6 is 27.7 Å². The van der Waals surface area contributed by atoms with E-state index in [4.69, 9.17) is 4.42 Å². The Labute approximate surface area is 106 Å². The highest BCUT2D eigenvalue weighted by Crippen LogP contribution is 2.28. The van der Waals surface area contributed by atoms with Gasteiger partial charge in [0.1, 0.15) is 5.76 Å². The Kier molecular flexibility index (Phi) is 3.85. The van der Waals surface area contributed by atoms with Crippen LogP contribution in [0.4, 0.5) is 0 Å². The zero-order valence-electron chi connectivity index (χ0n) is 8.35. The molecule has 0 saturated heterocycles. The van der Waals surface area contributed by atoms with Crippen LogP contribution in [0, 0.1) is 0 Å². The summed E-state index contributed by atoms with van der Waals surface area (Å²) in [5.74, 6) is 1.63. The lowest BCUT2D eigenvalue weighted by Gasteiger charge is -2.03. The summed E-state index contributed by atoms with van der Waals surface area (Å²) in [6, 6.07) is 9.39. The highest BCUT2D eigenvalue weighted by atomic mass is 79.9. The van der Waals surface area contributed by atoms with Crippen molar-refractivity contribution >= 4 is 34.0 Å². The number of halogens is 1. The third-order valence-electron chi connectivity index (χ3n) is 2.05. The first-order chi connectivity index (χ1) is 7.79. The van der Waals surface area contributed by atoms with Crippen LogP contribution in [0.2, 0.25) is 0 Å². The van der Waals surface area contributed by atoms with E-state index in [2.05, 4.69) is 15.9 Å². The maximum Gasteiger partial charge on any atom is 0.151 e. The Bertz CT molecular complexity index is 480. The summed E-state index contributed by atoms with van der Waals surface area (Å²) in [6.07, 6.45) is 2.52. The minimum Gasteiger partial charge on any atom is -0.468 e. The van der Waals surface area contributed by atoms with Gasteiger partial charge in [0.15, 0.2) is 6.29 Å². The van der Waals surface area contributed by atoms with E-state index < -0.39 is 0 Å². The van der Waals surface area contributed by atoms with E-state index in [1.807, 2.05) is 30.3 Å². The minimum atomic E-state index is 0.708. The third-order valence-corrected chi connectivity index (χ3v) is 3.64. The summed E-state index contributed by atoms with van der Waals surface area (Å²) in [4.78, 5) is 11.8. The second kappa shape index (κ2) is 5.37. The molecule has 4 heteroatoms. The molecule has 2 rings (SSSR count). The zero-order chi connectivity index (χ0) is 11.4. The molecule has 0 unspecified atom stereocenters. The van der Waals surface area contributed by atoms with Gasteiger partial charge in [-0.25, -0.2) is 0 Å². The predicted molar refractivity (Wildman–Crippen MR) is 67.8 cm³/mol. The van der Waals surface area contributed by atoms with Crippen molar-refractivity contribution in [3.05, 3.63) is 52.4 Å². The molecule has 0 amide bonds. The average Bonchev–Trinajstić information content (AvgIpc) is 2.79. The first-order valence-corrected chi connectivity index (χ1v) is 6.47. The fourth-order valence-electron chi connectivity index (χ4n) is 1.27. The van der Waals surface area contributed by atoms with E-state index in [1.54, 1.807) is 18.0 Å². The van der Waals surface area contributed by atoms with Crippen LogP contribution in [0.15, 0.2) is 50.4 Å². The summed E-state index contributed by atoms with van der Waals surface area (Å²) in [7, 11) is 0. The van der Waals surface area contributed by atoms with Gasteiger partial charge in [0.2, 0.25) is 0 Å². The van der Waals surface area contributed by atoms with Crippen LogP contribution in [-0.2, 0) is 5.75 Å². The molecule has 16 heavy (non-hydrogen) atoms. The third kappa shape index (κ3) is 2.77. The van der Waals surface area contributed by atoms with Gasteiger partial charge in [0, 0.05) is 14.9 Å². The van der Waals surface area contributed by atoms with Gasteiger partial charge in [-0.2, -0.15) is 0 Å². The second-order valence-corrected chi connectivity index (χ2v) is 5.10. The summed E-state index contributed by atoms with van der Waals surface area (Å²) in [5, 5.41) is 0. The van der Waals surface area contributed by atoms with Gasteiger partial charge in [0.05, 0.1) is 12.0 Å². The van der Waals surface area contributed by atoms with Crippen LogP contribution in [0.25, 0.3) is 0 Å². The molecule has 0 aliphatic heterocycles. The molecular weight excluding hydrogens is 288 g/mol. The van der Waals surface area contributed by atoms with E-state index >= 15 is 0 Å². The first kappa shape index (κ1) is 11.5. The molecule has 0 aliphatic rings. The van der Waals surface area contributed by atoms with Gasteiger partial charge in [-0.15, -0.1) is 11.8 Å². The lowest BCUT2D eigenvalue weighted by Crippen LogP contribution is -1.85. The monoisotopic (exact) mass is 296 g/mol. The van der Waals surface area contributed by atoms with Crippen LogP contribution in [-0.4, -0.2) is 6.29 Å². The quantitative estimate of drug-likeness (QED) is 0.627. The molecule has 0 spiro atoms. The van der Waals surface area contributed by atoms with Gasteiger partial charge < -0.3 is 4.42 Å². The SMILES string of the molecule is O=Cc1ccc(Br)cc1SCc1ccco1. The fourth-order valence-corrected chi connectivity index (χ4v) is 2.74. The van der Waals surface area contributed by atoms with Crippen molar-refractivity contribution in [3.8, 4) is 0 Å². The topological polar surface area (TPSA) is 30.2 Å². The number of benzene rings is 1. The van der Waals surface area contributed by atoms with Crippen molar-refractivity contribution in [2.75, 3.05) is 0 Å². The lowest BCUT2D eigenvalue weighted by atomic mass is 10.2. The van der Waals surface area contributed by atoms with Crippen molar-refractivity contribution in [1.29, 1.82) is 0 Å². The zero-order valence-corrected chi connectivity index (χ0v) is 10.8. The Morgan fingerprint density at radius 2 is 2.25 bits per heavy atom. The summed E-state index contributed by atoms with van der Waals surface area (Å²) < 4.78 is 6.21. The lowest BCUT2D eigenvalue weighted by molar-refractivity contribution is 0.112. The van der Waals surface area contributed by atoms with Gasteiger partial charge in [-0.05, 0) is 30.3 Å². The molecule has 2 nitrogen and oxygen atoms in total. The smallest absolute Gasteiger partial charge is 0.151 e. The van der Waals surface area contributed by atoms with Gasteiger partial charge in [0.25, 0.3) is 0 Å². The Hall–Kier alpha value is -1.00. The maximum atomic E-state index is 10.8. The van der Waals surface area contributed by atoms with E-state index in [0.717, 1.165) is 27.2 Å². The van der Waals surface area contributed by atoms with Gasteiger partial charge >= 0.3 is 0 Å². The summed E-state index contributed by atoms with van der Waals surface area (Å²) >= 11 is 4.98. The molecular formula is C12H9BrO2S. The molecule has 0 radical (unpaired) electrons. The number of rotatable bonds is 4. The molecule has 1 aromatic carbocycles. The minimum absolute atomic E-state index is 0.708. The van der Waals surface area contributed by atoms with Crippen molar-refractivity contribution in [3.63, 3.8) is 0 Å². The Morgan fingerprint density at radius 1 is 1.38 bits per heavy atom. The Balaban J connectivity index is 2.14. The van der Waals surface area contributed by atoms with Gasteiger partial charge in [-0.1, -0.05) is 15.9 Å². The van der Waals surface area contributed by atoms with Crippen molar-refractivity contribution in [2.45, 2.75) is 10.6 Å². The van der Waals surface area contributed by atoms with Crippen molar-refractivity contribution in [1.82, 2.24) is 0 Å². The molecule has 1 aromatic heterocycles. The van der Waals surface area contributed by atoms with Crippen molar-refractivity contribution < 1.29 is 9.21 Å². The van der Waals surface area contributed by atoms with Crippen LogP contribution in [0.3, 0.4) is 0 Å². The van der Waals surface area contributed by atoms with E-state index in [9.17, 15) is 4.79 Å². The van der Waals surface area contributed by atoms with Crippen molar-refractivity contribution in [2.24, 2.45) is 0 Å². The van der Waals surface area contributed by atoms with Gasteiger partial charge in [-0.3, -0.25) is 4.79 Å². The Morgan fingerprint density at radius 3 is 2.94 bits per heavy atom. The molecule has 1 heterocycles. The van der Waals surface area contributed by atoms with E-state index in [0.29, 0.717) is 5.56 Å².